The highest BCUT2D eigenvalue weighted by atomic mass is 16.6. The van der Waals surface area contributed by atoms with E-state index in [0.29, 0.717) is 5.92 Å². The van der Waals surface area contributed by atoms with Gasteiger partial charge < -0.3 is 9.64 Å². The summed E-state index contributed by atoms with van der Waals surface area (Å²) in [6.45, 7) is 7.22. The van der Waals surface area contributed by atoms with Crippen LogP contribution in [0.4, 0.5) is 4.79 Å². The lowest BCUT2D eigenvalue weighted by atomic mass is 9.91. The molecule has 1 amide bonds. The van der Waals surface area contributed by atoms with Crippen molar-refractivity contribution in [1.82, 2.24) is 9.88 Å². The lowest BCUT2D eigenvalue weighted by Crippen LogP contribution is -2.42. The summed E-state index contributed by atoms with van der Waals surface area (Å²) >= 11 is 0. The zero-order valence-corrected chi connectivity index (χ0v) is 11.9. The standard InChI is InChI=1S/C15H22N2O2/c1-15(2,3)19-14(18)17-10-4-5-13(11-17)12-6-8-16-9-7-12/h6-9,13H,4-5,10-11H2,1-3H3. The molecule has 1 aliphatic rings. The van der Waals surface area contributed by atoms with Gasteiger partial charge in [0.05, 0.1) is 0 Å². The van der Waals surface area contributed by atoms with Crippen LogP contribution in [0, 0.1) is 0 Å². The summed E-state index contributed by atoms with van der Waals surface area (Å²) in [5.74, 6) is 0.393. The van der Waals surface area contributed by atoms with E-state index < -0.39 is 5.60 Å². The van der Waals surface area contributed by atoms with Crippen molar-refractivity contribution in [3.63, 3.8) is 0 Å². The number of likely N-dealkylation sites (tertiary alicyclic amines) is 1. The highest BCUT2D eigenvalue weighted by molar-refractivity contribution is 5.68. The Labute approximate surface area is 114 Å². The average molecular weight is 262 g/mol. The summed E-state index contributed by atoms with van der Waals surface area (Å²) in [4.78, 5) is 17.9. The predicted molar refractivity (Wildman–Crippen MR) is 74.0 cm³/mol. The molecule has 4 heteroatoms. The van der Waals surface area contributed by atoms with E-state index in [4.69, 9.17) is 4.74 Å². The summed E-state index contributed by atoms with van der Waals surface area (Å²) in [7, 11) is 0. The first-order valence-corrected chi connectivity index (χ1v) is 6.83. The van der Waals surface area contributed by atoms with E-state index in [1.54, 1.807) is 0 Å². The highest BCUT2D eigenvalue weighted by Gasteiger charge is 2.28. The van der Waals surface area contributed by atoms with Crippen molar-refractivity contribution in [3.05, 3.63) is 30.1 Å². The van der Waals surface area contributed by atoms with Crippen LogP contribution in [0.1, 0.15) is 45.1 Å². The number of rotatable bonds is 1. The molecule has 2 heterocycles. The number of ether oxygens (including phenoxy) is 1. The van der Waals surface area contributed by atoms with E-state index in [9.17, 15) is 4.79 Å². The van der Waals surface area contributed by atoms with Gasteiger partial charge >= 0.3 is 6.09 Å². The lowest BCUT2D eigenvalue weighted by Gasteiger charge is -2.34. The number of amides is 1. The van der Waals surface area contributed by atoms with Gasteiger partial charge in [-0.15, -0.1) is 0 Å². The topological polar surface area (TPSA) is 42.4 Å². The first-order chi connectivity index (χ1) is 8.96. The second-order valence-electron chi connectivity index (χ2n) is 6.05. The molecular weight excluding hydrogens is 240 g/mol. The number of carbonyl (C=O) groups excluding carboxylic acids is 1. The smallest absolute Gasteiger partial charge is 0.410 e. The van der Waals surface area contributed by atoms with E-state index in [1.165, 1.54) is 5.56 Å². The third-order valence-corrected chi connectivity index (χ3v) is 3.25. The molecule has 104 valence electrons. The third-order valence-electron chi connectivity index (χ3n) is 3.25. The van der Waals surface area contributed by atoms with Crippen molar-refractivity contribution in [2.75, 3.05) is 13.1 Å². The van der Waals surface area contributed by atoms with Crippen LogP contribution >= 0.6 is 0 Å². The molecule has 1 aromatic heterocycles. The number of hydrogen-bond acceptors (Lipinski definition) is 3. The van der Waals surface area contributed by atoms with Crippen LogP contribution < -0.4 is 0 Å². The van der Waals surface area contributed by atoms with Gasteiger partial charge in [0.2, 0.25) is 0 Å². The van der Waals surface area contributed by atoms with Crippen LogP contribution in [-0.4, -0.2) is 34.7 Å². The molecule has 0 aliphatic carbocycles. The van der Waals surface area contributed by atoms with E-state index in [-0.39, 0.29) is 6.09 Å². The minimum Gasteiger partial charge on any atom is -0.444 e. The van der Waals surface area contributed by atoms with Gasteiger partial charge in [0.1, 0.15) is 5.60 Å². The molecule has 1 atom stereocenters. The molecule has 1 saturated heterocycles. The van der Waals surface area contributed by atoms with Gasteiger partial charge in [-0.05, 0) is 51.3 Å². The summed E-state index contributed by atoms with van der Waals surface area (Å²) in [5, 5.41) is 0. The van der Waals surface area contributed by atoms with Crippen LogP contribution in [0.2, 0.25) is 0 Å². The Balaban J connectivity index is 2.00. The molecule has 0 N–H and O–H groups in total. The van der Waals surface area contributed by atoms with Crippen molar-refractivity contribution < 1.29 is 9.53 Å². The van der Waals surface area contributed by atoms with Gasteiger partial charge in [-0.3, -0.25) is 4.98 Å². The summed E-state index contributed by atoms with van der Waals surface area (Å²) < 4.78 is 5.44. The fourth-order valence-electron chi connectivity index (χ4n) is 2.38. The Morgan fingerprint density at radius 2 is 2.05 bits per heavy atom. The van der Waals surface area contributed by atoms with E-state index in [0.717, 1.165) is 25.9 Å². The maximum absolute atomic E-state index is 12.1. The molecule has 1 unspecified atom stereocenters. The zero-order chi connectivity index (χ0) is 13.9. The van der Waals surface area contributed by atoms with Crippen molar-refractivity contribution in [1.29, 1.82) is 0 Å². The largest absolute Gasteiger partial charge is 0.444 e. The molecule has 4 nitrogen and oxygen atoms in total. The lowest BCUT2D eigenvalue weighted by molar-refractivity contribution is 0.0198. The van der Waals surface area contributed by atoms with Crippen molar-refractivity contribution in [3.8, 4) is 0 Å². The molecular formula is C15H22N2O2. The molecule has 19 heavy (non-hydrogen) atoms. The molecule has 2 rings (SSSR count). The van der Waals surface area contributed by atoms with E-state index in [1.807, 2.05) is 50.2 Å². The van der Waals surface area contributed by atoms with Crippen LogP contribution in [0.25, 0.3) is 0 Å². The van der Waals surface area contributed by atoms with Crippen molar-refractivity contribution in [2.24, 2.45) is 0 Å². The maximum Gasteiger partial charge on any atom is 0.410 e. The Kier molecular flexibility index (Phi) is 4.08. The fourth-order valence-corrected chi connectivity index (χ4v) is 2.38. The zero-order valence-electron chi connectivity index (χ0n) is 11.9. The summed E-state index contributed by atoms with van der Waals surface area (Å²) in [5.41, 5.74) is 0.823. The minimum absolute atomic E-state index is 0.203. The van der Waals surface area contributed by atoms with Crippen LogP contribution in [0.3, 0.4) is 0 Å². The number of hydrogen-bond donors (Lipinski definition) is 0. The van der Waals surface area contributed by atoms with Crippen LogP contribution in [-0.2, 0) is 4.74 Å². The summed E-state index contributed by atoms with van der Waals surface area (Å²) in [6, 6.07) is 4.06. The molecule has 0 radical (unpaired) electrons. The van der Waals surface area contributed by atoms with Gasteiger partial charge in [0, 0.05) is 31.4 Å². The number of aromatic nitrogens is 1. The van der Waals surface area contributed by atoms with Gasteiger partial charge in [0.15, 0.2) is 0 Å². The van der Waals surface area contributed by atoms with Crippen LogP contribution in [0.5, 0.6) is 0 Å². The maximum atomic E-state index is 12.1. The second kappa shape index (κ2) is 5.59. The van der Waals surface area contributed by atoms with E-state index in [2.05, 4.69) is 4.98 Å². The number of carbonyl (C=O) groups is 1. The highest BCUT2D eigenvalue weighted by Crippen LogP contribution is 2.27. The third kappa shape index (κ3) is 3.94. The number of pyridine rings is 1. The molecule has 0 spiro atoms. The molecule has 0 bridgehead atoms. The fraction of sp³-hybridized carbons (Fsp3) is 0.600. The molecule has 1 aliphatic heterocycles. The van der Waals surface area contributed by atoms with Gasteiger partial charge in [-0.2, -0.15) is 0 Å². The minimum atomic E-state index is -0.430. The van der Waals surface area contributed by atoms with Gasteiger partial charge in [0.25, 0.3) is 0 Å². The number of piperidine rings is 1. The van der Waals surface area contributed by atoms with E-state index >= 15 is 0 Å². The first-order valence-electron chi connectivity index (χ1n) is 6.83. The molecule has 1 fully saturated rings. The van der Waals surface area contributed by atoms with Gasteiger partial charge in [-0.1, -0.05) is 0 Å². The molecule has 0 aromatic carbocycles. The molecule has 1 aromatic rings. The van der Waals surface area contributed by atoms with Crippen molar-refractivity contribution in [2.45, 2.75) is 45.1 Å². The van der Waals surface area contributed by atoms with Crippen LogP contribution in [0.15, 0.2) is 24.5 Å². The normalized spacial score (nSPS) is 20.2. The monoisotopic (exact) mass is 262 g/mol. The Hall–Kier alpha value is -1.58. The predicted octanol–water partition coefficient (Wildman–Crippen LogP) is 3.20. The Morgan fingerprint density at radius 3 is 2.68 bits per heavy atom. The summed E-state index contributed by atoms with van der Waals surface area (Å²) in [6.07, 6.45) is 5.55. The molecule has 0 saturated carbocycles. The number of nitrogens with zero attached hydrogens (tertiary/aromatic N) is 2. The second-order valence-corrected chi connectivity index (χ2v) is 6.05. The van der Waals surface area contributed by atoms with Gasteiger partial charge in [-0.25, -0.2) is 4.79 Å². The van der Waals surface area contributed by atoms with Crippen molar-refractivity contribution >= 4 is 6.09 Å². The Morgan fingerprint density at radius 1 is 1.37 bits per heavy atom. The SMILES string of the molecule is CC(C)(C)OC(=O)N1CCCC(c2ccncc2)C1. The Bertz CT molecular complexity index is 426. The quantitative estimate of drug-likeness (QED) is 0.780. The average Bonchev–Trinajstić information content (AvgIpc) is 2.38. The first kappa shape index (κ1) is 13.8.